The van der Waals surface area contributed by atoms with Gasteiger partial charge in [0, 0.05) is 35.1 Å². The minimum absolute atomic E-state index is 0.640. The molecule has 2 aromatic carbocycles. The van der Waals surface area contributed by atoms with E-state index in [1.807, 2.05) is 42.5 Å². The SMILES string of the molecule is N#Cc1c(N=Cc2ccc(-c3cccc(Cl)c3)o2)sc2c1CCN(Cc1ccccc1)C2. The van der Waals surface area contributed by atoms with Gasteiger partial charge in [0.1, 0.15) is 22.6 Å². The Labute approximate surface area is 196 Å². The number of nitriles is 1. The summed E-state index contributed by atoms with van der Waals surface area (Å²) in [5.41, 5.74) is 4.06. The minimum Gasteiger partial charge on any atom is -0.455 e. The molecule has 6 heteroatoms. The van der Waals surface area contributed by atoms with Crippen molar-refractivity contribution in [3.63, 3.8) is 0 Å². The van der Waals surface area contributed by atoms with Crippen molar-refractivity contribution in [3.05, 3.63) is 99.1 Å². The van der Waals surface area contributed by atoms with Crippen LogP contribution in [0.3, 0.4) is 0 Å². The van der Waals surface area contributed by atoms with E-state index in [-0.39, 0.29) is 0 Å². The molecule has 0 N–H and O–H groups in total. The van der Waals surface area contributed by atoms with Crippen LogP contribution in [-0.2, 0) is 19.5 Å². The van der Waals surface area contributed by atoms with Crippen LogP contribution in [0, 0.1) is 11.3 Å². The molecule has 0 aliphatic carbocycles. The highest BCUT2D eigenvalue weighted by Crippen LogP contribution is 2.38. The van der Waals surface area contributed by atoms with Gasteiger partial charge in [0.05, 0.1) is 11.8 Å². The molecule has 1 aliphatic heterocycles. The highest BCUT2D eigenvalue weighted by atomic mass is 35.5. The predicted octanol–water partition coefficient (Wildman–Crippen LogP) is 6.84. The molecular formula is C26H20ClN3OS. The molecule has 0 spiro atoms. The fourth-order valence-corrected chi connectivity index (χ4v) is 5.34. The molecule has 32 heavy (non-hydrogen) atoms. The van der Waals surface area contributed by atoms with Gasteiger partial charge in [0.25, 0.3) is 0 Å². The fraction of sp³-hybridized carbons (Fsp3) is 0.154. The summed E-state index contributed by atoms with van der Waals surface area (Å²) in [6, 6.07) is 24.2. The van der Waals surface area contributed by atoms with Crippen LogP contribution in [0.2, 0.25) is 5.02 Å². The van der Waals surface area contributed by atoms with Crippen molar-refractivity contribution in [3.8, 4) is 17.4 Å². The second-order valence-corrected chi connectivity index (χ2v) is 9.23. The van der Waals surface area contributed by atoms with Crippen molar-refractivity contribution >= 4 is 34.2 Å². The summed E-state index contributed by atoms with van der Waals surface area (Å²) in [4.78, 5) is 8.27. The molecule has 0 radical (unpaired) electrons. The van der Waals surface area contributed by atoms with Gasteiger partial charge < -0.3 is 4.42 Å². The third-order valence-electron chi connectivity index (χ3n) is 5.52. The molecule has 0 saturated carbocycles. The Morgan fingerprint density at radius 3 is 2.81 bits per heavy atom. The van der Waals surface area contributed by atoms with E-state index in [0.29, 0.717) is 16.3 Å². The Balaban J connectivity index is 1.34. The van der Waals surface area contributed by atoms with Crippen molar-refractivity contribution in [2.24, 2.45) is 4.99 Å². The molecule has 0 amide bonds. The van der Waals surface area contributed by atoms with E-state index >= 15 is 0 Å². The summed E-state index contributed by atoms with van der Waals surface area (Å²) in [7, 11) is 0. The largest absolute Gasteiger partial charge is 0.455 e. The highest BCUT2D eigenvalue weighted by molar-refractivity contribution is 7.16. The van der Waals surface area contributed by atoms with Crippen molar-refractivity contribution in [1.82, 2.24) is 4.90 Å². The van der Waals surface area contributed by atoms with Crippen LogP contribution in [0.25, 0.3) is 11.3 Å². The Morgan fingerprint density at radius 1 is 1.12 bits per heavy atom. The standard InChI is InChI=1S/C26H20ClN3OS/c27-20-8-4-7-19(13-20)24-10-9-21(31-24)15-29-26-23(14-28)22-11-12-30(17-25(22)32-26)16-18-5-2-1-3-6-18/h1-10,13,15H,11-12,16-17H2. The number of aliphatic imine (C=N–C) groups is 1. The Kier molecular flexibility index (Phi) is 5.91. The lowest BCUT2D eigenvalue weighted by atomic mass is 10.0. The van der Waals surface area contributed by atoms with E-state index in [1.54, 1.807) is 17.6 Å². The van der Waals surface area contributed by atoms with Crippen LogP contribution >= 0.6 is 22.9 Å². The molecule has 5 rings (SSSR count). The molecule has 0 bridgehead atoms. The van der Waals surface area contributed by atoms with E-state index in [0.717, 1.165) is 47.9 Å². The van der Waals surface area contributed by atoms with Crippen LogP contribution in [0.15, 0.2) is 76.1 Å². The third-order valence-corrected chi connectivity index (χ3v) is 6.88. The summed E-state index contributed by atoms with van der Waals surface area (Å²) in [5, 5.41) is 11.2. The van der Waals surface area contributed by atoms with Crippen LogP contribution < -0.4 is 0 Å². The lowest BCUT2D eigenvalue weighted by molar-refractivity contribution is 0.249. The van der Waals surface area contributed by atoms with Crippen molar-refractivity contribution < 1.29 is 4.42 Å². The van der Waals surface area contributed by atoms with Gasteiger partial charge in [0.2, 0.25) is 0 Å². The maximum atomic E-state index is 9.77. The van der Waals surface area contributed by atoms with E-state index in [4.69, 9.17) is 16.0 Å². The Bertz CT molecular complexity index is 1320. The van der Waals surface area contributed by atoms with Gasteiger partial charge in [-0.15, -0.1) is 11.3 Å². The zero-order valence-electron chi connectivity index (χ0n) is 17.3. The van der Waals surface area contributed by atoms with Gasteiger partial charge in [-0.1, -0.05) is 54.1 Å². The summed E-state index contributed by atoms with van der Waals surface area (Å²) < 4.78 is 5.91. The number of rotatable bonds is 5. The Morgan fingerprint density at radius 2 is 2.00 bits per heavy atom. The highest BCUT2D eigenvalue weighted by Gasteiger charge is 2.24. The van der Waals surface area contributed by atoms with E-state index in [2.05, 4.69) is 40.2 Å². The van der Waals surface area contributed by atoms with Gasteiger partial charge in [-0.2, -0.15) is 5.26 Å². The molecule has 158 valence electrons. The lowest BCUT2D eigenvalue weighted by Crippen LogP contribution is -2.29. The Hall–Kier alpha value is -3.17. The molecule has 4 nitrogen and oxygen atoms in total. The van der Waals surface area contributed by atoms with Crippen molar-refractivity contribution in [1.29, 1.82) is 5.26 Å². The van der Waals surface area contributed by atoms with Gasteiger partial charge in [-0.3, -0.25) is 4.90 Å². The van der Waals surface area contributed by atoms with Crippen molar-refractivity contribution in [2.75, 3.05) is 6.54 Å². The maximum absolute atomic E-state index is 9.77. The smallest absolute Gasteiger partial charge is 0.145 e. The van der Waals surface area contributed by atoms with Crippen LogP contribution in [0.1, 0.15) is 27.3 Å². The van der Waals surface area contributed by atoms with Gasteiger partial charge in [-0.25, -0.2) is 4.99 Å². The number of furan rings is 1. The zero-order valence-corrected chi connectivity index (χ0v) is 18.9. The molecule has 4 aromatic rings. The molecule has 0 atom stereocenters. The van der Waals surface area contributed by atoms with Crippen LogP contribution in [-0.4, -0.2) is 17.7 Å². The van der Waals surface area contributed by atoms with E-state index in [9.17, 15) is 5.26 Å². The van der Waals surface area contributed by atoms with Crippen LogP contribution in [0.4, 0.5) is 5.00 Å². The molecule has 3 heterocycles. The second kappa shape index (κ2) is 9.13. The second-order valence-electron chi connectivity index (χ2n) is 7.71. The van der Waals surface area contributed by atoms with Crippen LogP contribution in [0.5, 0.6) is 0 Å². The lowest BCUT2D eigenvalue weighted by Gasteiger charge is -2.26. The van der Waals surface area contributed by atoms with Gasteiger partial charge in [-0.05, 0) is 41.8 Å². The average molecular weight is 458 g/mol. The predicted molar refractivity (Wildman–Crippen MR) is 130 cm³/mol. The number of hydrogen-bond donors (Lipinski definition) is 0. The normalized spacial score (nSPS) is 13.9. The monoisotopic (exact) mass is 457 g/mol. The van der Waals surface area contributed by atoms with E-state index < -0.39 is 0 Å². The molecule has 2 aromatic heterocycles. The van der Waals surface area contributed by atoms with Gasteiger partial charge >= 0.3 is 0 Å². The molecular weight excluding hydrogens is 438 g/mol. The zero-order chi connectivity index (χ0) is 21.9. The summed E-state index contributed by atoms with van der Waals surface area (Å²) >= 11 is 7.68. The number of hydrogen-bond acceptors (Lipinski definition) is 5. The number of nitrogens with zero attached hydrogens (tertiary/aromatic N) is 3. The van der Waals surface area contributed by atoms with Gasteiger partial charge in [0.15, 0.2) is 0 Å². The third kappa shape index (κ3) is 4.39. The summed E-state index contributed by atoms with van der Waals surface area (Å²) in [5.74, 6) is 1.37. The van der Waals surface area contributed by atoms with E-state index in [1.165, 1.54) is 10.4 Å². The number of halogens is 1. The first-order valence-corrected chi connectivity index (χ1v) is 11.6. The summed E-state index contributed by atoms with van der Waals surface area (Å²) in [6.07, 6.45) is 2.56. The molecule has 0 fully saturated rings. The quantitative estimate of drug-likeness (QED) is 0.308. The van der Waals surface area contributed by atoms with Crippen molar-refractivity contribution in [2.45, 2.75) is 19.5 Å². The number of benzene rings is 2. The summed E-state index contributed by atoms with van der Waals surface area (Å²) in [6.45, 7) is 2.70. The molecule has 1 aliphatic rings. The molecule has 0 unspecified atom stereocenters. The fourth-order valence-electron chi connectivity index (χ4n) is 3.97. The minimum atomic E-state index is 0.640. The number of fused-ring (bicyclic) bond motifs is 1. The first kappa shape index (κ1) is 20.7. The molecule has 0 saturated heterocycles. The topological polar surface area (TPSA) is 52.5 Å². The first-order valence-electron chi connectivity index (χ1n) is 10.4. The first-order chi connectivity index (χ1) is 15.7. The average Bonchev–Trinajstić information content (AvgIpc) is 3.42. The number of thiophene rings is 1. The maximum Gasteiger partial charge on any atom is 0.145 e.